The summed E-state index contributed by atoms with van der Waals surface area (Å²) in [5, 5.41) is 0. The fourth-order valence-electron chi connectivity index (χ4n) is 8.23. The van der Waals surface area contributed by atoms with E-state index in [4.69, 9.17) is 14.2 Å². The molecule has 4 aliphatic rings. The minimum absolute atomic E-state index is 0.145. The largest absolute Gasteiger partial charge is 0.493 e. The van der Waals surface area contributed by atoms with Gasteiger partial charge in [0, 0.05) is 60.1 Å². The van der Waals surface area contributed by atoms with Crippen LogP contribution in [-0.2, 0) is 21.4 Å². The van der Waals surface area contributed by atoms with Crippen molar-refractivity contribution in [3.8, 4) is 29.1 Å². The molecule has 2 aromatic rings. The third kappa shape index (κ3) is 4.57. The van der Waals surface area contributed by atoms with E-state index in [-0.39, 0.29) is 41.4 Å². The molecular weight excluding hydrogens is 528 g/mol. The van der Waals surface area contributed by atoms with Crippen LogP contribution in [0.3, 0.4) is 0 Å². The van der Waals surface area contributed by atoms with Crippen LogP contribution in [0.4, 0.5) is 0 Å². The first kappa shape index (κ1) is 28.4. The Hall–Kier alpha value is -3.76. The van der Waals surface area contributed by atoms with Crippen LogP contribution in [0.25, 0.3) is 0 Å². The number of methoxy groups -OCH3 is 1. The van der Waals surface area contributed by atoms with Gasteiger partial charge in [0.2, 0.25) is 0 Å². The first-order valence-corrected chi connectivity index (χ1v) is 15.1. The molecule has 7 heteroatoms. The molecule has 2 aliphatic carbocycles. The van der Waals surface area contributed by atoms with Gasteiger partial charge in [0.1, 0.15) is 11.9 Å². The van der Waals surface area contributed by atoms with Gasteiger partial charge in [0.25, 0.3) is 5.91 Å². The Kier molecular flexibility index (Phi) is 7.53. The highest BCUT2D eigenvalue weighted by Gasteiger charge is 2.67. The third-order valence-electron chi connectivity index (χ3n) is 9.62. The molecular formula is C35H40N2O5. The zero-order valence-corrected chi connectivity index (χ0v) is 25.0. The highest BCUT2D eigenvalue weighted by Crippen LogP contribution is 2.65. The minimum Gasteiger partial charge on any atom is -0.493 e. The molecule has 0 N–H and O–H groups in total. The van der Waals surface area contributed by atoms with E-state index < -0.39 is 0 Å². The number of benzene rings is 2. The summed E-state index contributed by atoms with van der Waals surface area (Å²) in [6.45, 7) is 12.0. The van der Waals surface area contributed by atoms with Gasteiger partial charge >= 0.3 is 5.97 Å². The van der Waals surface area contributed by atoms with Crippen molar-refractivity contribution in [2.45, 2.75) is 70.1 Å². The van der Waals surface area contributed by atoms with E-state index in [0.717, 1.165) is 61.2 Å². The summed E-state index contributed by atoms with van der Waals surface area (Å²) in [5.41, 5.74) is 2.66. The SMILES string of the molecule is C=CCN1CC[C@]23c4c5c(OC(C)=O)cc(OC)c4O[C@H]2[C@@H](N(CC(C)C)C(=O)C#Cc2ccccc2)CC[C@H]3[C@H]1C5. The standard InChI is InChI=1S/C35H40N2O5/c1-6-17-36-18-16-35-26-13-14-27(37(21-22(2)3)31(39)15-12-24-10-8-7-9-11-24)34(35)42-33-30(40-5)20-29(41-23(4)38)25(32(33)35)19-28(26)36/h6-11,20,22,26-28,34H,1,13-14,16-19,21H2,2-5H3/t26-,27-,28+,34-,35-/m0/s1. The zero-order chi connectivity index (χ0) is 29.6. The van der Waals surface area contributed by atoms with E-state index in [1.165, 1.54) is 6.92 Å². The Labute approximate surface area is 248 Å². The number of hydrogen-bond donors (Lipinski definition) is 0. The maximum Gasteiger partial charge on any atom is 0.308 e. The van der Waals surface area contributed by atoms with Gasteiger partial charge in [-0.2, -0.15) is 0 Å². The average Bonchev–Trinajstić information content (AvgIpc) is 3.31. The van der Waals surface area contributed by atoms with E-state index >= 15 is 0 Å². The number of carbonyl (C=O) groups excluding carboxylic acids is 2. The number of likely N-dealkylation sites (tertiary alicyclic amines) is 1. The number of amides is 1. The molecule has 2 heterocycles. The Bertz CT molecular complexity index is 1460. The van der Waals surface area contributed by atoms with Crippen LogP contribution in [-0.4, -0.2) is 66.6 Å². The van der Waals surface area contributed by atoms with Gasteiger partial charge in [-0.15, -0.1) is 6.58 Å². The molecule has 1 amide bonds. The van der Waals surface area contributed by atoms with Gasteiger partial charge in [-0.1, -0.05) is 44.0 Å². The normalized spacial score (nSPS) is 26.8. The quantitative estimate of drug-likeness (QED) is 0.208. The lowest BCUT2D eigenvalue weighted by Gasteiger charge is -2.60. The summed E-state index contributed by atoms with van der Waals surface area (Å²) in [4.78, 5) is 30.6. The molecule has 1 spiro atoms. The summed E-state index contributed by atoms with van der Waals surface area (Å²) >= 11 is 0. The molecule has 0 unspecified atom stereocenters. The van der Waals surface area contributed by atoms with Crippen LogP contribution in [0.5, 0.6) is 17.2 Å². The van der Waals surface area contributed by atoms with Crippen LogP contribution in [0.2, 0.25) is 0 Å². The molecule has 2 bridgehead atoms. The van der Waals surface area contributed by atoms with Crippen LogP contribution in [0.15, 0.2) is 49.1 Å². The monoisotopic (exact) mass is 568 g/mol. The molecule has 1 saturated heterocycles. The summed E-state index contributed by atoms with van der Waals surface area (Å²) in [6.07, 6.45) is 5.19. The molecule has 1 saturated carbocycles. The van der Waals surface area contributed by atoms with Gasteiger partial charge in [0.15, 0.2) is 11.5 Å². The number of hydrogen-bond acceptors (Lipinski definition) is 6. The van der Waals surface area contributed by atoms with E-state index in [0.29, 0.717) is 24.0 Å². The lowest BCUT2D eigenvalue weighted by molar-refractivity contribution is -0.137. The molecule has 2 fully saturated rings. The molecule has 6 rings (SSSR count). The average molecular weight is 569 g/mol. The van der Waals surface area contributed by atoms with Gasteiger partial charge in [-0.3, -0.25) is 14.5 Å². The van der Waals surface area contributed by atoms with Crippen LogP contribution >= 0.6 is 0 Å². The minimum atomic E-state index is -0.358. The fraction of sp³-hybridized carbons (Fsp3) is 0.486. The number of rotatable bonds is 7. The summed E-state index contributed by atoms with van der Waals surface area (Å²) in [7, 11) is 1.62. The zero-order valence-electron chi connectivity index (χ0n) is 25.0. The second-order valence-corrected chi connectivity index (χ2v) is 12.5. The highest BCUT2D eigenvalue weighted by atomic mass is 16.5. The molecule has 2 aliphatic heterocycles. The van der Waals surface area contributed by atoms with E-state index in [2.05, 4.69) is 37.2 Å². The van der Waals surface area contributed by atoms with Crippen molar-refractivity contribution < 1.29 is 23.8 Å². The highest BCUT2D eigenvalue weighted by molar-refractivity contribution is 5.94. The van der Waals surface area contributed by atoms with Crippen LogP contribution < -0.4 is 14.2 Å². The molecule has 220 valence electrons. The Balaban J connectivity index is 1.47. The van der Waals surface area contributed by atoms with Crippen molar-refractivity contribution in [3.05, 3.63) is 65.7 Å². The number of ether oxygens (including phenoxy) is 3. The van der Waals surface area contributed by atoms with Gasteiger partial charge < -0.3 is 19.1 Å². The van der Waals surface area contributed by atoms with E-state index in [1.807, 2.05) is 41.3 Å². The van der Waals surface area contributed by atoms with Gasteiger partial charge in [-0.25, -0.2) is 0 Å². The number of piperidine rings is 1. The molecule has 0 radical (unpaired) electrons. The molecule has 7 nitrogen and oxygen atoms in total. The molecule has 5 atom stereocenters. The second kappa shape index (κ2) is 11.1. The summed E-state index contributed by atoms with van der Waals surface area (Å²) < 4.78 is 18.7. The maximum absolute atomic E-state index is 13.9. The fourth-order valence-corrected chi connectivity index (χ4v) is 8.23. The smallest absolute Gasteiger partial charge is 0.308 e. The predicted molar refractivity (Wildman–Crippen MR) is 161 cm³/mol. The van der Waals surface area contributed by atoms with Crippen molar-refractivity contribution in [2.75, 3.05) is 26.7 Å². The Morgan fingerprint density at radius 3 is 2.71 bits per heavy atom. The predicted octanol–water partition coefficient (Wildman–Crippen LogP) is 4.75. The van der Waals surface area contributed by atoms with Crippen LogP contribution in [0, 0.1) is 23.7 Å². The molecule has 2 aromatic carbocycles. The number of carbonyl (C=O) groups is 2. The van der Waals surface area contributed by atoms with E-state index in [9.17, 15) is 9.59 Å². The lowest BCUT2D eigenvalue weighted by atomic mass is 9.50. The maximum atomic E-state index is 13.9. The van der Waals surface area contributed by atoms with Crippen molar-refractivity contribution in [1.29, 1.82) is 0 Å². The van der Waals surface area contributed by atoms with Gasteiger partial charge in [-0.05, 0) is 56.2 Å². The summed E-state index contributed by atoms with van der Waals surface area (Å²) in [6, 6.07) is 11.6. The number of esters is 1. The van der Waals surface area contributed by atoms with Crippen molar-refractivity contribution in [2.24, 2.45) is 11.8 Å². The van der Waals surface area contributed by atoms with Crippen molar-refractivity contribution >= 4 is 11.9 Å². The number of nitrogens with zero attached hydrogens (tertiary/aromatic N) is 2. The Morgan fingerprint density at radius 2 is 2.02 bits per heavy atom. The van der Waals surface area contributed by atoms with Crippen molar-refractivity contribution in [1.82, 2.24) is 9.80 Å². The van der Waals surface area contributed by atoms with Crippen molar-refractivity contribution in [3.63, 3.8) is 0 Å². The molecule has 42 heavy (non-hydrogen) atoms. The first-order valence-electron chi connectivity index (χ1n) is 15.1. The Morgan fingerprint density at radius 1 is 1.24 bits per heavy atom. The topological polar surface area (TPSA) is 68.3 Å². The lowest BCUT2D eigenvalue weighted by Crippen LogP contribution is -2.69. The van der Waals surface area contributed by atoms with Gasteiger partial charge in [0.05, 0.1) is 13.2 Å². The third-order valence-corrected chi connectivity index (χ3v) is 9.62. The first-order chi connectivity index (χ1) is 20.3. The van der Waals surface area contributed by atoms with Crippen LogP contribution in [0.1, 0.15) is 56.7 Å². The molecule has 0 aromatic heterocycles. The second-order valence-electron chi connectivity index (χ2n) is 12.5. The van der Waals surface area contributed by atoms with E-state index in [1.54, 1.807) is 13.2 Å². The summed E-state index contributed by atoms with van der Waals surface area (Å²) in [5.74, 6) is 7.98.